The van der Waals surface area contributed by atoms with Crippen molar-refractivity contribution in [3.05, 3.63) is 52.0 Å². The highest BCUT2D eigenvalue weighted by Crippen LogP contribution is 2.28. The average Bonchev–Trinajstić information content (AvgIpc) is 2.73. The zero-order valence-electron chi connectivity index (χ0n) is 17.4. The molecule has 1 aliphatic heterocycles. The second-order valence-electron chi connectivity index (χ2n) is 7.26. The number of amides is 2. The fraction of sp³-hybridized carbons (Fsp3) is 0.364. The van der Waals surface area contributed by atoms with E-state index < -0.39 is 0 Å². The third-order valence-electron chi connectivity index (χ3n) is 5.01. The van der Waals surface area contributed by atoms with Gasteiger partial charge in [-0.1, -0.05) is 15.9 Å². The topological polar surface area (TPSA) is 61.9 Å². The zero-order chi connectivity index (χ0) is 21.7. The molecule has 0 aliphatic carbocycles. The number of hydrogen-bond acceptors (Lipinski definition) is 5. The van der Waals surface area contributed by atoms with Crippen LogP contribution in [0.1, 0.15) is 15.9 Å². The Morgan fingerprint density at radius 2 is 1.87 bits per heavy atom. The number of carbonyl (C=O) groups excluding carboxylic acids is 2. The molecule has 0 radical (unpaired) electrons. The van der Waals surface area contributed by atoms with Gasteiger partial charge in [-0.15, -0.1) is 11.8 Å². The molecule has 2 amide bonds. The minimum Gasteiger partial charge on any atom is -0.495 e. The van der Waals surface area contributed by atoms with Crippen LogP contribution in [0.5, 0.6) is 5.75 Å². The number of methoxy groups -OCH3 is 1. The van der Waals surface area contributed by atoms with E-state index in [0.717, 1.165) is 28.0 Å². The molecule has 0 spiro atoms. The Kier molecular flexibility index (Phi) is 7.80. The van der Waals surface area contributed by atoms with Crippen LogP contribution >= 0.6 is 27.7 Å². The Balaban J connectivity index is 1.67. The molecular formula is C22H26BrN3O3S. The van der Waals surface area contributed by atoms with Crippen LogP contribution in [0.4, 0.5) is 5.69 Å². The fourth-order valence-electron chi connectivity index (χ4n) is 3.24. The lowest BCUT2D eigenvalue weighted by Gasteiger charge is -2.32. The number of likely N-dealkylation sites (N-methyl/N-ethyl adjacent to an activating group) is 1. The quantitative estimate of drug-likeness (QED) is 0.621. The smallest absolute Gasteiger partial charge is 0.254 e. The predicted octanol–water partition coefficient (Wildman–Crippen LogP) is 3.88. The fourth-order valence-corrected chi connectivity index (χ4v) is 4.52. The molecule has 6 nitrogen and oxygen atoms in total. The number of thioether (sulfide) groups is 1. The van der Waals surface area contributed by atoms with Gasteiger partial charge in [0.05, 0.1) is 18.6 Å². The van der Waals surface area contributed by atoms with E-state index in [1.807, 2.05) is 30.0 Å². The number of anilines is 1. The first kappa shape index (κ1) is 22.7. The van der Waals surface area contributed by atoms with E-state index in [0.29, 0.717) is 30.1 Å². The first-order chi connectivity index (χ1) is 14.4. The Morgan fingerprint density at radius 1 is 1.13 bits per heavy atom. The summed E-state index contributed by atoms with van der Waals surface area (Å²) >= 11 is 4.93. The number of halogens is 1. The van der Waals surface area contributed by atoms with Gasteiger partial charge in [0.1, 0.15) is 5.75 Å². The maximum atomic E-state index is 12.9. The molecule has 0 unspecified atom stereocenters. The van der Waals surface area contributed by atoms with Crippen LogP contribution in [0.15, 0.2) is 45.8 Å². The van der Waals surface area contributed by atoms with Crippen LogP contribution in [-0.2, 0) is 4.79 Å². The summed E-state index contributed by atoms with van der Waals surface area (Å²) in [6.07, 6.45) is 0. The average molecular weight is 492 g/mol. The van der Waals surface area contributed by atoms with Gasteiger partial charge in [-0.3, -0.25) is 9.59 Å². The lowest BCUT2D eigenvalue weighted by molar-refractivity contribution is -0.113. The van der Waals surface area contributed by atoms with E-state index in [2.05, 4.69) is 33.2 Å². The summed E-state index contributed by atoms with van der Waals surface area (Å²) in [5.74, 6) is 0.622. The number of piperazine rings is 1. The molecule has 1 aliphatic rings. The van der Waals surface area contributed by atoms with Crippen molar-refractivity contribution in [2.75, 3.05) is 51.4 Å². The summed E-state index contributed by atoms with van der Waals surface area (Å²) < 4.78 is 6.39. The van der Waals surface area contributed by atoms with Crippen LogP contribution < -0.4 is 10.1 Å². The number of nitrogens with zero attached hydrogens (tertiary/aromatic N) is 2. The second kappa shape index (κ2) is 10.3. The van der Waals surface area contributed by atoms with Crippen LogP contribution in [0.2, 0.25) is 0 Å². The predicted molar refractivity (Wildman–Crippen MR) is 125 cm³/mol. The van der Waals surface area contributed by atoms with Gasteiger partial charge in [0, 0.05) is 41.1 Å². The Bertz CT molecular complexity index is 930. The first-order valence-electron chi connectivity index (χ1n) is 9.72. The molecule has 8 heteroatoms. The van der Waals surface area contributed by atoms with E-state index in [9.17, 15) is 9.59 Å². The van der Waals surface area contributed by atoms with E-state index >= 15 is 0 Å². The van der Waals surface area contributed by atoms with Crippen molar-refractivity contribution >= 4 is 45.2 Å². The SMILES string of the molecule is COc1ccc(C(=O)N2CCN(C)CC2)cc1NC(=O)CSc1ccc(Br)cc1C. The van der Waals surface area contributed by atoms with Gasteiger partial charge in [0.2, 0.25) is 5.91 Å². The minimum atomic E-state index is -0.148. The molecule has 0 aromatic heterocycles. The third kappa shape index (κ3) is 5.77. The Hall–Kier alpha value is -2.03. The van der Waals surface area contributed by atoms with Crippen molar-refractivity contribution in [3.63, 3.8) is 0 Å². The van der Waals surface area contributed by atoms with Crippen LogP contribution in [0, 0.1) is 6.92 Å². The monoisotopic (exact) mass is 491 g/mol. The van der Waals surface area contributed by atoms with Crippen molar-refractivity contribution in [1.29, 1.82) is 0 Å². The van der Waals surface area contributed by atoms with E-state index in [4.69, 9.17) is 4.74 Å². The number of nitrogens with one attached hydrogen (secondary N) is 1. The molecule has 160 valence electrons. The van der Waals surface area contributed by atoms with Crippen molar-refractivity contribution < 1.29 is 14.3 Å². The third-order valence-corrected chi connectivity index (χ3v) is 6.68. The van der Waals surface area contributed by atoms with Gasteiger partial charge in [-0.2, -0.15) is 0 Å². The van der Waals surface area contributed by atoms with Crippen LogP contribution in [0.3, 0.4) is 0 Å². The normalized spacial score (nSPS) is 14.5. The number of ether oxygens (including phenoxy) is 1. The minimum absolute atomic E-state index is 0.0267. The number of carbonyl (C=O) groups is 2. The Morgan fingerprint density at radius 3 is 2.53 bits per heavy atom. The molecule has 1 heterocycles. The maximum absolute atomic E-state index is 12.9. The van der Waals surface area contributed by atoms with E-state index in [1.54, 1.807) is 25.3 Å². The van der Waals surface area contributed by atoms with Crippen molar-refractivity contribution in [3.8, 4) is 5.75 Å². The molecule has 3 rings (SSSR count). The molecule has 2 aromatic rings. The highest BCUT2D eigenvalue weighted by molar-refractivity contribution is 9.10. The van der Waals surface area contributed by atoms with Gasteiger partial charge in [-0.25, -0.2) is 0 Å². The molecule has 1 saturated heterocycles. The largest absolute Gasteiger partial charge is 0.495 e. The summed E-state index contributed by atoms with van der Waals surface area (Å²) in [5.41, 5.74) is 2.17. The molecule has 2 aromatic carbocycles. The summed E-state index contributed by atoms with van der Waals surface area (Å²) in [6.45, 7) is 5.14. The van der Waals surface area contributed by atoms with Crippen molar-refractivity contribution in [2.24, 2.45) is 0 Å². The number of aryl methyl sites for hydroxylation is 1. The van der Waals surface area contributed by atoms with E-state index in [-0.39, 0.29) is 17.6 Å². The van der Waals surface area contributed by atoms with Crippen molar-refractivity contribution in [1.82, 2.24) is 9.80 Å². The lowest BCUT2D eigenvalue weighted by atomic mass is 10.1. The van der Waals surface area contributed by atoms with Gasteiger partial charge in [0.25, 0.3) is 5.91 Å². The Labute approximate surface area is 190 Å². The summed E-state index contributed by atoms with van der Waals surface area (Å²) in [7, 11) is 3.60. The molecule has 1 fully saturated rings. The van der Waals surface area contributed by atoms with Crippen molar-refractivity contribution in [2.45, 2.75) is 11.8 Å². The molecule has 0 saturated carbocycles. The number of rotatable bonds is 6. The summed E-state index contributed by atoms with van der Waals surface area (Å²) in [5, 5.41) is 2.89. The van der Waals surface area contributed by atoms with Crippen LogP contribution in [0.25, 0.3) is 0 Å². The zero-order valence-corrected chi connectivity index (χ0v) is 19.8. The molecule has 30 heavy (non-hydrogen) atoms. The van der Waals surface area contributed by atoms with E-state index in [1.165, 1.54) is 11.8 Å². The summed E-state index contributed by atoms with van der Waals surface area (Å²) in [4.78, 5) is 30.5. The standard InChI is InChI=1S/C22H26BrN3O3S/c1-15-12-17(23)5-7-20(15)30-14-21(27)24-18-13-16(4-6-19(18)29-3)22(28)26-10-8-25(2)9-11-26/h4-7,12-13H,8-11,14H2,1-3H3,(H,24,27). The van der Waals surface area contributed by atoms with Gasteiger partial charge in [0.15, 0.2) is 0 Å². The molecule has 1 N–H and O–H groups in total. The van der Waals surface area contributed by atoms with Gasteiger partial charge < -0.3 is 19.9 Å². The van der Waals surface area contributed by atoms with Gasteiger partial charge in [-0.05, 0) is 55.9 Å². The van der Waals surface area contributed by atoms with Gasteiger partial charge >= 0.3 is 0 Å². The highest BCUT2D eigenvalue weighted by Gasteiger charge is 2.21. The number of hydrogen-bond donors (Lipinski definition) is 1. The highest BCUT2D eigenvalue weighted by atomic mass is 79.9. The first-order valence-corrected chi connectivity index (χ1v) is 11.5. The second-order valence-corrected chi connectivity index (χ2v) is 9.19. The molecule has 0 atom stereocenters. The summed E-state index contributed by atoms with van der Waals surface area (Å²) in [6, 6.07) is 11.2. The molecule has 0 bridgehead atoms. The maximum Gasteiger partial charge on any atom is 0.254 e. The number of benzene rings is 2. The molecular weight excluding hydrogens is 466 g/mol. The lowest BCUT2D eigenvalue weighted by Crippen LogP contribution is -2.47. The van der Waals surface area contributed by atoms with Crippen LogP contribution in [-0.4, -0.2) is 67.7 Å².